The number of hydrogen-bond acceptors (Lipinski definition) is 3. The molecule has 0 aliphatic carbocycles. The van der Waals surface area contributed by atoms with E-state index in [0.717, 1.165) is 5.56 Å². The van der Waals surface area contributed by atoms with Crippen molar-refractivity contribution in [2.45, 2.75) is 71.9 Å². The average Bonchev–Trinajstić information content (AvgIpc) is 2.74. The zero-order valence-electron chi connectivity index (χ0n) is 20.4. The lowest BCUT2D eigenvalue weighted by molar-refractivity contribution is -0.142. The molecule has 0 aromatic heterocycles. The van der Waals surface area contributed by atoms with Crippen LogP contribution in [0.1, 0.15) is 59.1 Å². The van der Waals surface area contributed by atoms with E-state index < -0.39 is 6.04 Å². The highest BCUT2D eigenvalue weighted by atomic mass is 16.5. The van der Waals surface area contributed by atoms with Gasteiger partial charge in [0.15, 0.2) is 6.61 Å². The Kier molecular flexibility index (Phi) is 9.30. The fourth-order valence-corrected chi connectivity index (χ4v) is 3.56. The normalized spacial score (nSPS) is 12.3. The fourth-order valence-electron chi connectivity index (χ4n) is 3.56. The van der Waals surface area contributed by atoms with E-state index in [0.29, 0.717) is 25.1 Å². The van der Waals surface area contributed by atoms with Crippen LogP contribution >= 0.6 is 0 Å². The Bertz CT molecular complexity index is 855. The first-order chi connectivity index (χ1) is 15.1. The van der Waals surface area contributed by atoms with Crippen molar-refractivity contribution in [1.29, 1.82) is 0 Å². The van der Waals surface area contributed by atoms with Gasteiger partial charge in [-0.25, -0.2) is 0 Å². The number of nitrogens with one attached hydrogen (secondary N) is 1. The zero-order valence-corrected chi connectivity index (χ0v) is 20.4. The summed E-state index contributed by atoms with van der Waals surface area (Å²) < 4.78 is 5.80. The van der Waals surface area contributed by atoms with Crippen molar-refractivity contribution < 1.29 is 14.3 Å². The van der Waals surface area contributed by atoms with E-state index in [1.165, 1.54) is 5.56 Å². The van der Waals surface area contributed by atoms with Crippen LogP contribution in [0, 0.1) is 0 Å². The van der Waals surface area contributed by atoms with Crippen molar-refractivity contribution in [1.82, 2.24) is 10.2 Å². The van der Waals surface area contributed by atoms with Crippen LogP contribution in [0.25, 0.3) is 0 Å². The van der Waals surface area contributed by atoms with Crippen LogP contribution in [0.5, 0.6) is 5.75 Å². The molecule has 2 aromatic carbocycles. The minimum absolute atomic E-state index is 0.0141. The molecular formula is C27H38N2O3. The molecule has 5 nitrogen and oxygen atoms in total. The lowest BCUT2D eigenvalue weighted by Gasteiger charge is -2.31. The summed E-state index contributed by atoms with van der Waals surface area (Å²) in [5.41, 5.74) is 2.39. The second-order valence-electron chi connectivity index (χ2n) is 9.47. The standard InChI is InChI=1S/C27H38N2O3/c1-7-24(26(31)28-20(2)3)29(18-17-21-11-9-8-10-12-21)25(30)19-32-23-15-13-22(14-16-23)27(4,5)6/h8-16,20,24H,7,17-19H2,1-6H3,(H,28,31)/t24-/m1/s1. The summed E-state index contributed by atoms with van der Waals surface area (Å²) in [4.78, 5) is 27.6. The summed E-state index contributed by atoms with van der Waals surface area (Å²) in [6.07, 6.45) is 1.22. The molecule has 0 spiro atoms. The molecule has 0 saturated carbocycles. The van der Waals surface area contributed by atoms with Gasteiger partial charge in [-0.05, 0) is 55.4 Å². The lowest BCUT2D eigenvalue weighted by atomic mass is 9.87. The summed E-state index contributed by atoms with van der Waals surface area (Å²) in [6, 6.07) is 17.3. The smallest absolute Gasteiger partial charge is 0.261 e. The number of carbonyl (C=O) groups is 2. The van der Waals surface area contributed by atoms with Gasteiger partial charge < -0.3 is 15.0 Å². The molecule has 0 aliphatic heterocycles. The highest BCUT2D eigenvalue weighted by Crippen LogP contribution is 2.24. The Morgan fingerprint density at radius 3 is 2.16 bits per heavy atom. The van der Waals surface area contributed by atoms with Crippen LogP contribution in [-0.2, 0) is 21.4 Å². The van der Waals surface area contributed by atoms with E-state index in [2.05, 4.69) is 26.1 Å². The first kappa shape index (κ1) is 25.4. The van der Waals surface area contributed by atoms with Crippen molar-refractivity contribution in [2.24, 2.45) is 0 Å². The van der Waals surface area contributed by atoms with Crippen molar-refractivity contribution in [3.63, 3.8) is 0 Å². The Morgan fingerprint density at radius 2 is 1.62 bits per heavy atom. The molecule has 0 aliphatic rings. The molecule has 2 amide bonds. The molecule has 2 rings (SSSR count). The number of benzene rings is 2. The minimum Gasteiger partial charge on any atom is -0.484 e. The predicted octanol–water partition coefficient (Wildman–Crippen LogP) is 4.74. The SMILES string of the molecule is CC[C@H](C(=O)NC(C)C)N(CCc1ccccc1)C(=O)COc1ccc(C(C)(C)C)cc1. The largest absolute Gasteiger partial charge is 0.484 e. The summed E-state index contributed by atoms with van der Waals surface area (Å²) >= 11 is 0. The molecule has 32 heavy (non-hydrogen) atoms. The molecular weight excluding hydrogens is 400 g/mol. The third-order valence-corrected chi connectivity index (χ3v) is 5.38. The highest BCUT2D eigenvalue weighted by molar-refractivity contribution is 5.88. The second-order valence-corrected chi connectivity index (χ2v) is 9.47. The van der Waals surface area contributed by atoms with Crippen LogP contribution in [0.2, 0.25) is 0 Å². The Hall–Kier alpha value is -2.82. The van der Waals surface area contributed by atoms with E-state index in [9.17, 15) is 9.59 Å². The maximum Gasteiger partial charge on any atom is 0.261 e. The van der Waals surface area contributed by atoms with Crippen LogP contribution in [0.4, 0.5) is 0 Å². The minimum atomic E-state index is -0.527. The monoisotopic (exact) mass is 438 g/mol. The molecule has 1 N–H and O–H groups in total. The Morgan fingerprint density at radius 1 is 1.00 bits per heavy atom. The number of hydrogen-bond donors (Lipinski definition) is 1. The first-order valence-electron chi connectivity index (χ1n) is 11.5. The maximum atomic E-state index is 13.2. The van der Waals surface area contributed by atoms with Crippen LogP contribution < -0.4 is 10.1 Å². The Labute approximate surface area is 193 Å². The topological polar surface area (TPSA) is 58.6 Å². The highest BCUT2D eigenvalue weighted by Gasteiger charge is 2.29. The molecule has 0 fully saturated rings. The average molecular weight is 439 g/mol. The van der Waals surface area contributed by atoms with Gasteiger partial charge in [-0.15, -0.1) is 0 Å². The lowest BCUT2D eigenvalue weighted by Crippen LogP contribution is -2.52. The third-order valence-electron chi connectivity index (χ3n) is 5.38. The van der Waals surface area contributed by atoms with Gasteiger partial charge in [0.1, 0.15) is 11.8 Å². The molecule has 0 radical (unpaired) electrons. The van der Waals surface area contributed by atoms with Gasteiger partial charge in [0.2, 0.25) is 5.91 Å². The molecule has 0 unspecified atom stereocenters. The van der Waals surface area contributed by atoms with Gasteiger partial charge in [0.25, 0.3) is 5.91 Å². The van der Waals surface area contributed by atoms with Crippen molar-refractivity contribution in [2.75, 3.05) is 13.2 Å². The van der Waals surface area contributed by atoms with Crippen LogP contribution in [-0.4, -0.2) is 41.9 Å². The summed E-state index contributed by atoms with van der Waals surface area (Å²) in [5.74, 6) is 0.332. The van der Waals surface area contributed by atoms with Crippen LogP contribution in [0.3, 0.4) is 0 Å². The van der Waals surface area contributed by atoms with Gasteiger partial charge in [-0.2, -0.15) is 0 Å². The van der Waals surface area contributed by atoms with Gasteiger partial charge in [-0.3, -0.25) is 9.59 Å². The van der Waals surface area contributed by atoms with Crippen molar-refractivity contribution in [3.05, 3.63) is 65.7 Å². The zero-order chi connectivity index (χ0) is 23.7. The maximum absolute atomic E-state index is 13.2. The first-order valence-corrected chi connectivity index (χ1v) is 11.5. The quantitative estimate of drug-likeness (QED) is 0.583. The number of nitrogens with zero attached hydrogens (tertiary/aromatic N) is 1. The predicted molar refractivity (Wildman–Crippen MR) is 130 cm³/mol. The number of amides is 2. The summed E-state index contributed by atoms with van der Waals surface area (Å²) in [5, 5.41) is 2.95. The van der Waals surface area contributed by atoms with Gasteiger partial charge in [0.05, 0.1) is 0 Å². The molecule has 0 saturated heterocycles. The fraction of sp³-hybridized carbons (Fsp3) is 0.481. The van der Waals surface area contributed by atoms with E-state index in [1.54, 1.807) is 4.90 Å². The third kappa shape index (κ3) is 7.70. The van der Waals surface area contributed by atoms with E-state index in [-0.39, 0.29) is 29.9 Å². The second kappa shape index (κ2) is 11.7. The van der Waals surface area contributed by atoms with E-state index in [1.807, 2.05) is 75.4 Å². The molecule has 5 heteroatoms. The van der Waals surface area contributed by atoms with Crippen LogP contribution in [0.15, 0.2) is 54.6 Å². The molecule has 2 aromatic rings. The van der Waals surface area contributed by atoms with E-state index in [4.69, 9.17) is 4.74 Å². The Balaban J connectivity index is 2.11. The van der Waals surface area contributed by atoms with Gasteiger partial charge >= 0.3 is 0 Å². The molecule has 0 heterocycles. The van der Waals surface area contributed by atoms with E-state index >= 15 is 0 Å². The van der Waals surface area contributed by atoms with Gasteiger partial charge in [-0.1, -0.05) is 70.2 Å². The molecule has 174 valence electrons. The van der Waals surface area contributed by atoms with Gasteiger partial charge in [0, 0.05) is 12.6 Å². The number of rotatable bonds is 10. The number of ether oxygens (including phenoxy) is 1. The summed E-state index contributed by atoms with van der Waals surface area (Å²) in [7, 11) is 0. The summed E-state index contributed by atoms with van der Waals surface area (Å²) in [6.45, 7) is 12.6. The number of carbonyl (C=O) groups excluding carboxylic acids is 2. The van der Waals surface area contributed by atoms with Crippen molar-refractivity contribution in [3.8, 4) is 5.75 Å². The van der Waals surface area contributed by atoms with Crippen molar-refractivity contribution >= 4 is 11.8 Å². The molecule has 0 bridgehead atoms. The molecule has 1 atom stereocenters.